The molecular formula is C12H22N2O4. The van der Waals surface area contributed by atoms with Crippen molar-refractivity contribution in [3.8, 4) is 0 Å². The lowest BCUT2D eigenvalue weighted by atomic mass is 10.2. The van der Waals surface area contributed by atoms with E-state index in [2.05, 4.69) is 5.32 Å². The van der Waals surface area contributed by atoms with Crippen LogP contribution in [0.15, 0.2) is 0 Å². The summed E-state index contributed by atoms with van der Waals surface area (Å²) in [4.78, 5) is 24.0. The van der Waals surface area contributed by atoms with E-state index in [4.69, 9.17) is 9.47 Å². The Labute approximate surface area is 108 Å². The maximum Gasteiger partial charge on any atom is 0.246 e. The molecule has 2 amide bonds. The van der Waals surface area contributed by atoms with Crippen LogP contribution >= 0.6 is 0 Å². The van der Waals surface area contributed by atoms with Gasteiger partial charge >= 0.3 is 0 Å². The summed E-state index contributed by atoms with van der Waals surface area (Å²) in [5.74, 6) is -0.239. The molecule has 1 atom stereocenters. The minimum absolute atomic E-state index is 0.111. The molecule has 1 N–H and O–H groups in total. The third-order valence-corrected chi connectivity index (χ3v) is 2.92. The van der Waals surface area contributed by atoms with E-state index in [1.165, 1.54) is 11.9 Å². The molecule has 0 aromatic rings. The largest absolute Gasteiger partial charge is 0.382 e. The molecule has 0 radical (unpaired) electrons. The van der Waals surface area contributed by atoms with Crippen molar-refractivity contribution in [1.82, 2.24) is 10.2 Å². The minimum atomic E-state index is -0.336. The van der Waals surface area contributed by atoms with E-state index in [1.807, 2.05) is 0 Å². The number of rotatable bonds is 9. The molecule has 0 aromatic carbocycles. The molecule has 0 spiro atoms. The quantitative estimate of drug-likeness (QED) is 0.457. The average Bonchev–Trinajstić information content (AvgIpc) is 2.60. The van der Waals surface area contributed by atoms with Crippen molar-refractivity contribution in [2.24, 2.45) is 0 Å². The van der Waals surface area contributed by atoms with Gasteiger partial charge in [-0.1, -0.05) is 0 Å². The first-order chi connectivity index (χ1) is 8.66. The van der Waals surface area contributed by atoms with Crippen LogP contribution in [-0.4, -0.2) is 63.3 Å². The van der Waals surface area contributed by atoms with Crippen molar-refractivity contribution in [2.75, 3.05) is 40.5 Å². The number of hydrogen-bond acceptors (Lipinski definition) is 5. The Kier molecular flexibility index (Phi) is 6.85. The molecule has 18 heavy (non-hydrogen) atoms. The number of methoxy groups -OCH3 is 1. The second kappa shape index (κ2) is 8.18. The second-order valence-corrected chi connectivity index (χ2v) is 4.31. The highest BCUT2D eigenvalue weighted by molar-refractivity contribution is 6.05. The second-order valence-electron chi connectivity index (χ2n) is 4.31. The van der Waals surface area contributed by atoms with E-state index >= 15 is 0 Å². The summed E-state index contributed by atoms with van der Waals surface area (Å²) in [5.41, 5.74) is 0. The van der Waals surface area contributed by atoms with Crippen molar-refractivity contribution in [2.45, 2.75) is 25.3 Å². The van der Waals surface area contributed by atoms with Gasteiger partial charge in [0.1, 0.15) is 0 Å². The summed E-state index contributed by atoms with van der Waals surface area (Å²) in [6.45, 7) is 2.65. The van der Waals surface area contributed by atoms with Crippen molar-refractivity contribution in [3.63, 3.8) is 0 Å². The third-order valence-electron chi connectivity index (χ3n) is 2.92. The number of carbonyl (C=O) groups excluding carboxylic acids is 2. The first-order valence-electron chi connectivity index (χ1n) is 6.27. The van der Waals surface area contributed by atoms with Crippen LogP contribution in [0.4, 0.5) is 0 Å². The van der Waals surface area contributed by atoms with E-state index in [0.717, 1.165) is 19.4 Å². The molecule has 0 saturated carbocycles. The predicted molar refractivity (Wildman–Crippen MR) is 66.1 cm³/mol. The van der Waals surface area contributed by atoms with Gasteiger partial charge in [-0.15, -0.1) is 0 Å². The van der Waals surface area contributed by atoms with Crippen LogP contribution in [0.3, 0.4) is 0 Å². The summed E-state index contributed by atoms with van der Waals surface area (Å²) in [6.07, 6.45) is 2.13. The number of ether oxygens (including phenoxy) is 2. The third kappa shape index (κ3) is 4.72. The number of nitrogens with zero attached hydrogens (tertiary/aromatic N) is 1. The van der Waals surface area contributed by atoms with Crippen LogP contribution < -0.4 is 5.32 Å². The van der Waals surface area contributed by atoms with Crippen LogP contribution in [0.2, 0.25) is 0 Å². The molecule has 104 valence electrons. The lowest BCUT2D eigenvalue weighted by molar-refractivity contribution is -0.137. The highest BCUT2D eigenvalue weighted by Gasteiger charge is 2.35. The number of unbranched alkanes of at least 4 members (excludes halogenated alkanes) is 1. The van der Waals surface area contributed by atoms with Gasteiger partial charge in [0.25, 0.3) is 0 Å². The Hall–Kier alpha value is -0.980. The molecule has 1 heterocycles. The molecule has 1 aliphatic rings. The van der Waals surface area contributed by atoms with Crippen LogP contribution in [-0.2, 0) is 19.1 Å². The number of carbonyl (C=O) groups is 2. The molecule has 1 unspecified atom stereocenters. The van der Waals surface area contributed by atoms with E-state index in [1.54, 1.807) is 7.11 Å². The van der Waals surface area contributed by atoms with Gasteiger partial charge in [-0.2, -0.15) is 0 Å². The molecule has 1 rings (SSSR count). The standard InChI is InChI=1S/C12H22N2O4/c1-14-11(15)9-10(12(14)16)13-5-3-4-6-18-8-7-17-2/h10,13H,3-9H2,1-2H3. The Morgan fingerprint density at radius 2 is 2.06 bits per heavy atom. The van der Waals surface area contributed by atoms with Crippen LogP contribution in [0.1, 0.15) is 19.3 Å². The fraction of sp³-hybridized carbons (Fsp3) is 0.833. The Morgan fingerprint density at radius 1 is 1.28 bits per heavy atom. The topological polar surface area (TPSA) is 67.9 Å². The van der Waals surface area contributed by atoms with E-state index < -0.39 is 0 Å². The van der Waals surface area contributed by atoms with Gasteiger partial charge in [0, 0.05) is 20.8 Å². The summed E-state index contributed by atoms with van der Waals surface area (Å²) >= 11 is 0. The SMILES string of the molecule is COCCOCCCCNC1CC(=O)N(C)C1=O. The number of imide groups is 1. The van der Waals surface area contributed by atoms with Gasteiger partial charge in [0.2, 0.25) is 11.8 Å². The zero-order chi connectivity index (χ0) is 13.4. The average molecular weight is 258 g/mol. The first kappa shape index (κ1) is 15.1. The van der Waals surface area contributed by atoms with E-state index in [0.29, 0.717) is 19.8 Å². The molecule has 1 aliphatic heterocycles. The molecule has 6 nitrogen and oxygen atoms in total. The molecule has 0 bridgehead atoms. The molecular weight excluding hydrogens is 236 g/mol. The fourth-order valence-electron chi connectivity index (χ4n) is 1.76. The summed E-state index contributed by atoms with van der Waals surface area (Å²) in [5, 5.41) is 3.10. The molecule has 6 heteroatoms. The van der Waals surface area contributed by atoms with Crippen LogP contribution in [0, 0.1) is 0 Å². The van der Waals surface area contributed by atoms with Gasteiger partial charge in [-0.3, -0.25) is 14.5 Å². The van der Waals surface area contributed by atoms with Gasteiger partial charge < -0.3 is 14.8 Å². The number of likely N-dealkylation sites (tertiary alicyclic amines) is 1. The van der Waals surface area contributed by atoms with Crippen LogP contribution in [0.25, 0.3) is 0 Å². The number of amides is 2. The lowest BCUT2D eigenvalue weighted by Gasteiger charge is -2.10. The van der Waals surface area contributed by atoms with E-state index in [-0.39, 0.29) is 24.3 Å². The summed E-state index contributed by atoms with van der Waals surface area (Å²) in [6, 6.07) is -0.336. The van der Waals surface area contributed by atoms with Crippen molar-refractivity contribution < 1.29 is 19.1 Å². The highest BCUT2D eigenvalue weighted by Crippen LogP contribution is 2.10. The highest BCUT2D eigenvalue weighted by atomic mass is 16.5. The van der Waals surface area contributed by atoms with Gasteiger partial charge in [-0.25, -0.2) is 0 Å². The monoisotopic (exact) mass is 258 g/mol. The molecule has 0 aliphatic carbocycles. The lowest BCUT2D eigenvalue weighted by Crippen LogP contribution is -2.37. The fourth-order valence-corrected chi connectivity index (χ4v) is 1.76. The van der Waals surface area contributed by atoms with Gasteiger partial charge in [0.05, 0.1) is 25.7 Å². The number of nitrogens with one attached hydrogen (secondary N) is 1. The Bertz CT molecular complexity index is 283. The van der Waals surface area contributed by atoms with Crippen molar-refractivity contribution >= 4 is 11.8 Å². The van der Waals surface area contributed by atoms with Gasteiger partial charge in [0.15, 0.2) is 0 Å². The normalized spacial score (nSPS) is 19.9. The summed E-state index contributed by atoms with van der Waals surface area (Å²) in [7, 11) is 3.17. The van der Waals surface area contributed by atoms with Crippen LogP contribution in [0.5, 0.6) is 0 Å². The Balaban J connectivity index is 1.98. The minimum Gasteiger partial charge on any atom is -0.382 e. The van der Waals surface area contributed by atoms with Crippen molar-refractivity contribution in [1.29, 1.82) is 0 Å². The number of likely N-dealkylation sites (N-methyl/N-ethyl adjacent to an activating group) is 1. The molecule has 1 saturated heterocycles. The maximum atomic E-state index is 11.6. The zero-order valence-electron chi connectivity index (χ0n) is 11.1. The van der Waals surface area contributed by atoms with Gasteiger partial charge in [-0.05, 0) is 19.4 Å². The Morgan fingerprint density at radius 3 is 2.67 bits per heavy atom. The number of hydrogen-bond donors (Lipinski definition) is 1. The molecule has 0 aromatic heterocycles. The van der Waals surface area contributed by atoms with Crippen molar-refractivity contribution in [3.05, 3.63) is 0 Å². The first-order valence-corrected chi connectivity index (χ1v) is 6.27. The van der Waals surface area contributed by atoms with E-state index in [9.17, 15) is 9.59 Å². The zero-order valence-corrected chi connectivity index (χ0v) is 11.1. The summed E-state index contributed by atoms with van der Waals surface area (Å²) < 4.78 is 10.2. The smallest absolute Gasteiger partial charge is 0.246 e. The maximum absolute atomic E-state index is 11.6. The predicted octanol–water partition coefficient (Wildman–Crippen LogP) is -0.223. The molecule has 1 fully saturated rings.